The lowest BCUT2D eigenvalue weighted by Crippen LogP contribution is -2.39. The molecule has 1 amide bonds. The molecule has 1 saturated heterocycles. The van der Waals surface area contributed by atoms with E-state index in [-0.39, 0.29) is 35.7 Å². The lowest BCUT2D eigenvalue weighted by molar-refractivity contribution is -0.757. The number of alkyl halides is 3. The van der Waals surface area contributed by atoms with Crippen LogP contribution in [0, 0.1) is 16.0 Å². The molecule has 2 aromatic rings. The van der Waals surface area contributed by atoms with Gasteiger partial charge in [0.25, 0.3) is 11.0 Å². The molecule has 15 heteroatoms. The van der Waals surface area contributed by atoms with Crippen LogP contribution in [0.3, 0.4) is 0 Å². The third-order valence-electron chi connectivity index (χ3n) is 5.55. The average Bonchev–Trinajstić information content (AvgIpc) is 2.82. The second kappa shape index (κ2) is 12.4. The quantitative estimate of drug-likeness (QED) is 0.250. The van der Waals surface area contributed by atoms with Gasteiger partial charge in [-0.25, -0.2) is 9.97 Å². The van der Waals surface area contributed by atoms with Crippen molar-refractivity contribution in [2.24, 2.45) is 5.92 Å². The van der Waals surface area contributed by atoms with Crippen molar-refractivity contribution in [3.05, 3.63) is 55.8 Å². The second-order valence-corrected chi connectivity index (χ2v) is 8.95. The number of benzene rings is 1. The molecule has 0 bridgehead atoms. The van der Waals surface area contributed by atoms with Crippen LogP contribution in [0.2, 0.25) is 10.0 Å². The van der Waals surface area contributed by atoms with Crippen LogP contribution in [0.5, 0.6) is 0 Å². The minimum absolute atomic E-state index is 0.0215. The van der Waals surface area contributed by atoms with Crippen molar-refractivity contribution in [3.63, 3.8) is 0 Å². The third-order valence-corrected chi connectivity index (χ3v) is 6.10. The van der Waals surface area contributed by atoms with Crippen LogP contribution < -0.4 is 10.6 Å². The number of amides is 1. The summed E-state index contributed by atoms with van der Waals surface area (Å²) in [5.74, 6) is -1.21. The van der Waals surface area contributed by atoms with E-state index in [1.807, 2.05) is 0 Å². The van der Waals surface area contributed by atoms with Gasteiger partial charge in [-0.3, -0.25) is 4.79 Å². The first-order chi connectivity index (χ1) is 17.0. The van der Waals surface area contributed by atoms with Crippen molar-refractivity contribution >= 4 is 40.7 Å². The molecular weight excluding hydrogens is 528 g/mol. The van der Waals surface area contributed by atoms with Crippen molar-refractivity contribution in [2.45, 2.75) is 25.4 Å². The fourth-order valence-corrected chi connectivity index (χ4v) is 4.17. The van der Waals surface area contributed by atoms with Crippen LogP contribution in [-0.2, 0) is 11.0 Å². The number of carbonyl (C=O) groups is 1. The Morgan fingerprint density at radius 2 is 2.00 bits per heavy atom. The van der Waals surface area contributed by atoms with E-state index in [2.05, 4.69) is 30.3 Å². The van der Waals surface area contributed by atoms with E-state index < -0.39 is 28.4 Å². The monoisotopic (exact) mass is 550 g/mol. The maximum atomic E-state index is 13.7. The molecule has 0 aliphatic carbocycles. The van der Waals surface area contributed by atoms with Crippen LogP contribution in [0.1, 0.15) is 35.3 Å². The molecule has 0 spiro atoms. The van der Waals surface area contributed by atoms with Crippen molar-refractivity contribution in [1.82, 2.24) is 20.2 Å². The van der Waals surface area contributed by atoms with Crippen molar-refractivity contribution in [3.8, 4) is 0 Å². The molecule has 1 aliphatic rings. The van der Waals surface area contributed by atoms with Gasteiger partial charge >= 0.3 is 6.18 Å². The van der Waals surface area contributed by atoms with E-state index in [1.54, 1.807) is 0 Å². The molecule has 2 N–H and O–H groups in total. The number of hydrogen-bond acceptors (Lipinski definition) is 8. The Morgan fingerprint density at radius 3 is 2.64 bits per heavy atom. The van der Waals surface area contributed by atoms with Crippen LogP contribution in [0.25, 0.3) is 0 Å². The van der Waals surface area contributed by atoms with Gasteiger partial charge in [0.05, 0.1) is 22.9 Å². The van der Waals surface area contributed by atoms with Crippen LogP contribution in [0.15, 0.2) is 24.4 Å². The van der Waals surface area contributed by atoms with Gasteiger partial charge < -0.3 is 20.4 Å². The van der Waals surface area contributed by atoms with Crippen molar-refractivity contribution < 1.29 is 27.9 Å². The van der Waals surface area contributed by atoms with Crippen molar-refractivity contribution in [1.29, 1.82) is 0 Å². The molecular formula is C21H23Cl2F3N6O4. The van der Waals surface area contributed by atoms with Crippen LogP contribution >= 0.6 is 23.2 Å². The first kappa shape index (κ1) is 27.7. The zero-order valence-electron chi connectivity index (χ0n) is 18.9. The van der Waals surface area contributed by atoms with Gasteiger partial charge in [-0.15, -0.1) is 10.1 Å². The van der Waals surface area contributed by atoms with Gasteiger partial charge in [-0.1, -0.05) is 23.2 Å². The zero-order valence-corrected chi connectivity index (χ0v) is 20.4. The SMILES string of the molecule is O=C(NCC1CCN(CCCO[N+](=O)[O-])CC1)c1cnc(Nc2ccc(Cl)cc2Cl)nc1C(F)(F)F. The number of piperidine rings is 1. The number of carbonyl (C=O) groups excluding carboxylic acids is 1. The topological polar surface area (TPSA) is 123 Å². The number of likely N-dealkylation sites (tertiary alicyclic amines) is 1. The van der Waals surface area contributed by atoms with Gasteiger partial charge in [0, 0.05) is 17.8 Å². The van der Waals surface area contributed by atoms with E-state index in [0.29, 0.717) is 31.1 Å². The first-order valence-corrected chi connectivity index (χ1v) is 11.7. The Balaban J connectivity index is 1.56. The summed E-state index contributed by atoms with van der Waals surface area (Å²) in [4.78, 5) is 36.5. The lowest BCUT2D eigenvalue weighted by Gasteiger charge is -2.31. The predicted molar refractivity (Wildman–Crippen MR) is 126 cm³/mol. The molecule has 3 rings (SSSR count). The number of halogens is 5. The number of nitrogens with one attached hydrogen (secondary N) is 2. The number of rotatable bonds is 10. The number of hydrogen-bond donors (Lipinski definition) is 2. The maximum Gasteiger partial charge on any atom is 0.434 e. The molecule has 2 heterocycles. The fraction of sp³-hybridized carbons (Fsp3) is 0.476. The molecule has 1 aliphatic heterocycles. The standard InChI is InChI=1S/C21H23Cl2F3N6O4/c22-14-2-3-17(16(23)10-14)29-20-28-12-15(18(30-20)21(24,25)26)19(33)27-11-13-4-7-31(8-5-13)6-1-9-36-32(34)35/h2-3,10,12-13H,1,4-9,11H2,(H,27,33)(H,28,29,30). The molecule has 1 aromatic heterocycles. The van der Waals surface area contributed by atoms with Gasteiger partial charge in [-0.2, -0.15) is 13.2 Å². The average molecular weight is 551 g/mol. The molecule has 0 saturated carbocycles. The smallest absolute Gasteiger partial charge is 0.352 e. The Labute approximate surface area is 214 Å². The molecule has 36 heavy (non-hydrogen) atoms. The third kappa shape index (κ3) is 8.07. The summed E-state index contributed by atoms with van der Waals surface area (Å²) in [6.45, 7) is 2.29. The zero-order chi connectivity index (χ0) is 26.3. The van der Waals surface area contributed by atoms with E-state index >= 15 is 0 Å². The fourth-order valence-electron chi connectivity index (χ4n) is 3.71. The summed E-state index contributed by atoms with van der Waals surface area (Å²) in [6.07, 6.45) is -2.10. The molecule has 10 nitrogen and oxygen atoms in total. The van der Waals surface area contributed by atoms with Crippen LogP contribution in [0.4, 0.5) is 24.8 Å². The van der Waals surface area contributed by atoms with Gasteiger partial charge in [0.2, 0.25) is 5.95 Å². The minimum Gasteiger partial charge on any atom is -0.352 e. The predicted octanol–water partition coefficient (Wildman–Crippen LogP) is 4.59. The highest BCUT2D eigenvalue weighted by atomic mass is 35.5. The Kier molecular flexibility index (Phi) is 9.51. The molecule has 0 atom stereocenters. The summed E-state index contributed by atoms with van der Waals surface area (Å²) >= 11 is 11.9. The Hall–Kier alpha value is -2.90. The highest BCUT2D eigenvalue weighted by Gasteiger charge is 2.38. The van der Waals surface area contributed by atoms with Gasteiger partial charge in [0.1, 0.15) is 0 Å². The number of aromatic nitrogens is 2. The Morgan fingerprint density at radius 1 is 1.28 bits per heavy atom. The number of nitrogens with zero attached hydrogens (tertiary/aromatic N) is 4. The van der Waals surface area contributed by atoms with Gasteiger partial charge in [-0.05, 0) is 63.0 Å². The van der Waals surface area contributed by atoms with Crippen molar-refractivity contribution in [2.75, 3.05) is 38.1 Å². The van der Waals surface area contributed by atoms with Crippen LogP contribution in [-0.4, -0.2) is 58.6 Å². The molecule has 0 radical (unpaired) electrons. The van der Waals surface area contributed by atoms with E-state index in [0.717, 1.165) is 19.0 Å². The highest BCUT2D eigenvalue weighted by molar-refractivity contribution is 6.36. The summed E-state index contributed by atoms with van der Waals surface area (Å²) in [7, 11) is 0. The van der Waals surface area contributed by atoms with Gasteiger partial charge in [0.15, 0.2) is 5.69 Å². The van der Waals surface area contributed by atoms with E-state index in [9.17, 15) is 28.1 Å². The molecule has 1 fully saturated rings. The van der Waals surface area contributed by atoms with E-state index in [4.69, 9.17) is 23.2 Å². The molecule has 1 aromatic carbocycles. The maximum absolute atomic E-state index is 13.7. The summed E-state index contributed by atoms with van der Waals surface area (Å²) in [5, 5.41) is 15.0. The minimum atomic E-state index is -4.89. The molecule has 196 valence electrons. The number of anilines is 2. The highest BCUT2D eigenvalue weighted by Crippen LogP contribution is 2.32. The second-order valence-electron chi connectivity index (χ2n) is 8.11. The largest absolute Gasteiger partial charge is 0.434 e. The Bertz CT molecular complexity index is 1080. The normalized spacial score (nSPS) is 14.9. The van der Waals surface area contributed by atoms with E-state index in [1.165, 1.54) is 18.2 Å². The summed E-state index contributed by atoms with van der Waals surface area (Å²) in [6, 6.07) is 4.37. The molecule has 0 unspecified atom stereocenters. The summed E-state index contributed by atoms with van der Waals surface area (Å²) in [5.41, 5.74) is -1.80. The lowest BCUT2D eigenvalue weighted by atomic mass is 9.96. The first-order valence-electron chi connectivity index (χ1n) is 11.0. The summed E-state index contributed by atoms with van der Waals surface area (Å²) < 4.78 is 41.0.